The molecule has 7 heteroatoms. The summed E-state index contributed by atoms with van der Waals surface area (Å²) in [6, 6.07) is 4.13. The Labute approximate surface area is 82.3 Å². The van der Waals surface area contributed by atoms with Crippen LogP contribution in [0.15, 0.2) is 24.3 Å². The molecule has 0 aromatic heterocycles. The maximum atomic E-state index is 11.4. The summed E-state index contributed by atoms with van der Waals surface area (Å²) in [5.41, 5.74) is -0.414. The van der Waals surface area contributed by atoms with Gasteiger partial charge < -0.3 is 0 Å². The first kappa shape index (κ1) is 10.8. The van der Waals surface area contributed by atoms with Crippen LogP contribution in [0.25, 0.3) is 0 Å². The number of halogens is 1. The van der Waals surface area contributed by atoms with Gasteiger partial charge in [-0.1, -0.05) is 0 Å². The van der Waals surface area contributed by atoms with Gasteiger partial charge in [0, 0.05) is 22.2 Å². The van der Waals surface area contributed by atoms with Crippen molar-refractivity contribution in [2.45, 2.75) is 0 Å². The van der Waals surface area contributed by atoms with Crippen molar-refractivity contribution in [3.63, 3.8) is 0 Å². The second-order valence-electron chi connectivity index (χ2n) is 2.50. The number of hydrogen-bond donors (Lipinski definition) is 0. The lowest BCUT2D eigenvalue weighted by molar-refractivity contribution is -0.384. The van der Waals surface area contributed by atoms with Gasteiger partial charge >= 0.3 is 5.97 Å². The molecule has 0 aliphatic heterocycles. The number of nitro benzene ring substituents is 1. The molecule has 0 unspecified atom stereocenters. The average Bonchev–Trinajstić information content (AvgIpc) is 2.27. The van der Waals surface area contributed by atoms with Gasteiger partial charge in [0.2, 0.25) is 0 Å². The van der Waals surface area contributed by atoms with E-state index in [9.17, 15) is 24.2 Å². The first-order chi connectivity index (χ1) is 7.06. The Bertz CT molecular complexity index is 414. The minimum absolute atomic E-state index is 0.178. The third kappa shape index (κ3) is 2.33. The molecule has 0 aliphatic rings. The lowest BCUT2D eigenvalue weighted by Crippen LogP contribution is -2.13. The van der Waals surface area contributed by atoms with Crippen molar-refractivity contribution < 1.29 is 24.0 Å². The number of rotatable bonds is 3. The Hall–Kier alpha value is -2.31. The van der Waals surface area contributed by atoms with E-state index in [1.54, 1.807) is 0 Å². The highest BCUT2D eigenvalue weighted by Crippen LogP contribution is 2.12. The number of benzene rings is 1. The van der Waals surface area contributed by atoms with Gasteiger partial charge in [-0.15, -0.1) is 0 Å². The lowest BCUT2D eigenvalue weighted by Gasteiger charge is -1.95. The minimum atomic E-state index is -1.66. The van der Waals surface area contributed by atoms with Crippen LogP contribution in [0.3, 0.4) is 0 Å². The van der Waals surface area contributed by atoms with E-state index in [0.717, 1.165) is 24.3 Å². The quantitative estimate of drug-likeness (QED) is 0.326. The molecule has 0 amide bonds. The zero-order chi connectivity index (χ0) is 11.4. The molecule has 0 bridgehead atoms. The molecule has 0 atom stereocenters. The fourth-order valence-electron chi connectivity index (χ4n) is 0.887. The highest BCUT2D eigenvalue weighted by atomic mass is 19.3. The van der Waals surface area contributed by atoms with Gasteiger partial charge in [0.05, 0.1) is 4.92 Å². The van der Waals surface area contributed by atoms with Crippen molar-refractivity contribution in [2.75, 3.05) is 0 Å². The first-order valence-corrected chi connectivity index (χ1v) is 3.68. The molecule has 15 heavy (non-hydrogen) atoms. The molecule has 0 saturated heterocycles. The largest absolute Gasteiger partial charge is 0.419 e. The van der Waals surface area contributed by atoms with Gasteiger partial charge in [0.1, 0.15) is 0 Å². The maximum absolute atomic E-state index is 11.4. The Kier molecular flexibility index (Phi) is 3.06. The Balaban J connectivity index is 2.94. The number of non-ortho nitro benzene ring substituents is 1. The first-order valence-electron chi connectivity index (χ1n) is 3.68. The van der Waals surface area contributed by atoms with E-state index in [-0.39, 0.29) is 11.3 Å². The van der Waals surface area contributed by atoms with Crippen molar-refractivity contribution in [1.29, 1.82) is 0 Å². The average molecular weight is 213 g/mol. The van der Waals surface area contributed by atoms with E-state index in [1.807, 2.05) is 0 Å². The molecule has 1 aromatic carbocycles. The van der Waals surface area contributed by atoms with Crippen LogP contribution >= 0.6 is 0 Å². The van der Waals surface area contributed by atoms with Crippen molar-refractivity contribution in [2.24, 2.45) is 0 Å². The highest BCUT2D eigenvalue weighted by Gasteiger charge is 2.19. The zero-order valence-electron chi connectivity index (χ0n) is 7.18. The van der Waals surface area contributed by atoms with Crippen molar-refractivity contribution in [3.8, 4) is 0 Å². The smallest absolute Gasteiger partial charge is 0.281 e. The summed E-state index contributed by atoms with van der Waals surface area (Å²) in [4.78, 5) is 33.7. The molecule has 0 radical (unpaired) electrons. The summed E-state index contributed by atoms with van der Waals surface area (Å²) in [6.07, 6.45) is 0. The molecule has 0 aliphatic carbocycles. The predicted octanol–water partition coefficient (Wildman–Crippen LogP) is 1.21. The molecule has 1 rings (SSSR count). The maximum Gasteiger partial charge on any atom is 0.419 e. The van der Waals surface area contributed by atoms with Crippen molar-refractivity contribution in [3.05, 3.63) is 39.9 Å². The number of nitro groups is 1. The topological polar surface area (TPSA) is 86.5 Å². The van der Waals surface area contributed by atoms with E-state index in [0.29, 0.717) is 0 Å². The number of carbonyl (C=O) groups is 2. The normalized spacial score (nSPS) is 9.40. The second-order valence-corrected chi connectivity index (χ2v) is 2.50. The summed E-state index contributed by atoms with van der Waals surface area (Å²) in [6.45, 7) is 0. The summed E-state index contributed by atoms with van der Waals surface area (Å²) in [5, 5.41) is 10.2. The Morgan fingerprint density at radius 2 is 1.80 bits per heavy atom. The molecular formula is C8H4FNO5. The molecule has 0 heterocycles. The lowest BCUT2D eigenvalue weighted by atomic mass is 10.1. The molecule has 6 nitrogen and oxygen atoms in total. The standard InChI is InChI=1S/C8H4FNO5/c9-15-8(12)7(11)5-1-3-6(4-2-5)10(13)14/h1-4H. The summed E-state index contributed by atoms with van der Waals surface area (Å²) in [7, 11) is 0. The minimum Gasteiger partial charge on any atom is -0.281 e. The van der Waals surface area contributed by atoms with Crippen LogP contribution in [0, 0.1) is 10.1 Å². The van der Waals surface area contributed by atoms with E-state index >= 15 is 0 Å². The van der Waals surface area contributed by atoms with Crippen LogP contribution in [0.2, 0.25) is 0 Å². The fraction of sp³-hybridized carbons (Fsp3) is 0. The van der Waals surface area contributed by atoms with Gasteiger partial charge in [0.25, 0.3) is 11.5 Å². The summed E-state index contributed by atoms with van der Waals surface area (Å²) in [5.74, 6) is -2.86. The van der Waals surface area contributed by atoms with Crippen molar-refractivity contribution >= 4 is 17.4 Å². The van der Waals surface area contributed by atoms with Crippen LogP contribution in [0.1, 0.15) is 10.4 Å². The molecule has 0 saturated carbocycles. The van der Waals surface area contributed by atoms with Gasteiger partial charge in [-0.3, -0.25) is 14.9 Å². The van der Waals surface area contributed by atoms with Crippen LogP contribution in [0.5, 0.6) is 0 Å². The van der Waals surface area contributed by atoms with Gasteiger partial charge in [-0.05, 0) is 12.1 Å². The molecule has 78 valence electrons. The summed E-state index contributed by atoms with van der Waals surface area (Å²) < 4.78 is 11.4. The SMILES string of the molecule is O=C(OF)C(=O)c1ccc([N+](=O)[O-])cc1. The number of nitrogens with zero attached hydrogens (tertiary/aromatic N) is 1. The monoisotopic (exact) mass is 213 g/mol. The van der Waals surface area contributed by atoms with Crippen molar-refractivity contribution in [1.82, 2.24) is 0 Å². The van der Waals surface area contributed by atoms with Crippen LogP contribution < -0.4 is 0 Å². The predicted molar refractivity (Wildman–Crippen MR) is 44.6 cm³/mol. The molecule has 0 spiro atoms. The summed E-state index contributed by atoms with van der Waals surface area (Å²) >= 11 is 0. The fourth-order valence-corrected chi connectivity index (χ4v) is 0.887. The van der Waals surface area contributed by atoms with Gasteiger partial charge in [-0.2, -0.15) is 0 Å². The van der Waals surface area contributed by atoms with Crippen LogP contribution in [0.4, 0.5) is 10.2 Å². The van der Waals surface area contributed by atoms with E-state index in [4.69, 9.17) is 0 Å². The van der Waals surface area contributed by atoms with E-state index in [1.165, 1.54) is 0 Å². The number of ketones is 1. The molecule has 1 aromatic rings. The van der Waals surface area contributed by atoms with E-state index < -0.39 is 16.7 Å². The third-order valence-corrected chi connectivity index (χ3v) is 1.60. The Morgan fingerprint density at radius 3 is 2.20 bits per heavy atom. The molecular weight excluding hydrogens is 209 g/mol. The number of hydrogen-bond acceptors (Lipinski definition) is 5. The zero-order valence-corrected chi connectivity index (χ0v) is 7.18. The van der Waals surface area contributed by atoms with Crippen LogP contribution in [-0.4, -0.2) is 16.7 Å². The molecule has 0 fully saturated rings. The van der Waals surface area contributed by atoms with Crippen LogP contribution in [-0.2, 0) is 9.74 Å². The molecule has 0 N–H and O–H groups in total. The third-order valence-electron chi connectivity index (χ3n) is 1.60. The second kappa shape index (κ2) is 4.27. The number of Topliss-reactive ketones (excluding diaryl/α,β-unsaturated/α-hetero) is 1. The van der Waals surface area contributed by atoms with Gasteiger partial charge in [-0.25, -0.2) is 9.74 Å². The van der Waals surface area contributed by atoms with E-state index in [2.05, 4.69) is 4.94 Å². The Morgan fingerprint density at radius 1 is 1.27 bits per heavy atom. The number of carbonyl (C=O) groups excluding carboxylic acids is 2. The highest BCUT2D eigenvalue weighted by molar-refractivity contribution is 6.40. The van der Waals surface area contributed by atoms with Gasteiger partial charge in [0.15, 0.2) is 0 Å².